The molecule has 2 aromatic carbocycles. The third-order valence-corrected chi connectivity index (χ3v) is 6.30. The zero-order valence-corrected chi connectivity index (χ0v) is 19.7. The van der Waals surface area contributed by atoms with Crippen LogP contribution in [0.4, 0.5) is 28.8 Å². The molecule has 0 aliphatic carbocycles. The van der Waals surface area contributed by atoms with E-state index in [4.69, 9.17) is 4.74 Å². The van der Waals surface area contributed by atoms with Crippen molar-refractivity contribution in [2.75, 3.05) is 22.5 Å². The molecule has 2 heterocycles. The standard InChI is InChI=1S/C24H24N6O3S/c1-16-10-11-25-22(12-16)29-24-14-23(26-15-27-24)28-18-4-6-19(7-5-18)30-34(31,32)20-8-9-21(33-3)17(2)13-20/h4-15,30H,1-3H3,(H2,25,26,27,28,29). The predicted octanol–water partition coefficient (Wildman–Crippen LogP) is 4.79. The number of nitrogens with one attached hydrogen (secondary N) is 3. The van der Waals surface area contributed by atoms with E-state index in [2.05, 4.69) is 30.3 Å². The van der Waals surface area contributed by atoms with E-state index < -0.39 is 10.0 Å². The predicted molar refractivity (Wildman–Crippen MR) is 133 cm³/mol. The van der Waals surface area contributed by atoms with Gasteiger partial charge in [0.25, 0.3) is 10.0 Å². The number of sulfonamides is 1. The van der Waals surface area contributed by atoms with E-state index in [0.29, 0.717) is 28.9 Å². The van der Waals surface area contributed by atoms with Crippen LogP contribution in [0.3, 0.4) is 0 Å². The van der Waals surface area contributed by atoms with E-state index in [0.717, 1.165) is 16.8 Å². The fraction of sp³-hybridized carbons (Fsp3) is 0.125. The van der Waals surface area contributed by atoms with Crippen molar-refractivity contribution in [3.8, 4) is 5.75 Å². The minimum atomic E-state index is -3.73. The average Bonchev–Trinajstić information content (AvgIpc) is 2.80. The first-order valence-electron chi connectivity index (χ1n) is 10.4. The van der Waals surface area contributed by atoms with Crippen molar-refractivity contribution in [1.29, 1.82) is 0 Å². The second kappa shape index (κ2) is 9.75. The van der Waals surface area contributed by atoms with Crippen molar-refractivity contribution in [3.05, 3.63) is 84.3 Å². The molecular formula is C24H24N6O3S. The Hall–Kier alpha value is -4.18. The van der Waals surface area contributed by atoms with Crippen LogP contribution in [0.2, 0.25) is 0 Å². The zero-order valence-electron chi connectivity index (χ0n) is 18.9. The Morgan fingerprint density at radius 3 is 2.12 bits per heavy atom. The molecule has 4 aromatic rings. The number of aromatic nitrogens is 3. The first-order chi connectivity index (χ1) is 16.3. The maximum atomic E-state index is 12.7. The first kappa shape index (κ1) is 23.0. The van der Waals surface area contributed by atoms with Crippen LogP contribution in [0, 0.1) is 13.8 Å². The molecule has 0 aliphatic rings. The summed E-state index contributed by atoms with van der Waals surface area (Å²) in [6.07, 6.45) is 3.17. The fourth-order valence-electron chi connectivity index (χ4n) is 3.23. The molecule has 0 bridgehead atoms. The smallest absolute Gasteiger partial charge is 0.261 e. The molecule has 0 atom stereocenters. The Labute approximate surface area is 198 Å². The fourth-order valence-corrected chi connectivity index (χ4v) is 4.37. The molecule has 10 heteroatoms. The Balaban J connectivity index is 1.43. The largest absolute Gasteiger partial charge is 0.496 e. The number of benzene rings is 2. The molecule has 3 N–H and O–H groups in total. The zero-order chi connectivity index (χ0) is 24.1. The second-order valence-electron chi connectivity index (χ2n) is 7.57. The van der Waals surface area contributed by atoms with Gasteiger partial charge in [-0.3, -0.25) is 4.72 Å². The van der Waals surface area contributed by atoms with Gasteiger partial charge in [-0.2, -0.15) is 0 Å². The Kier molecular flexibility index (Phi) is 6.60. The molecule has 0 amide bonds. The highest BCUT2D eigenvalue weighted by Gasteiger charge is 2.15. The van der Waals surface area contributed by atoms with Crippen molar-refractivity contribution < 1.29 is 13.2 Å². The average molecular weight is 477 g/mol. The maximum Gasteiger partial charge on any atom is 0.261 e. The lowest BCUT2D eigenvalue weighted by atomic mass is 10.2. The van der Waals surface area contributed by atoms with Gasteiger partial charge in [0.15, 0.2) is 0 Å². The number of nitrogens with zero attached hydrogens (tertiary/aromatic N) is 3. The van der Waals surface area contributed by atoms with Crippen molar-refractivity contribution in [2.45, 2.75) is 18.7 Å². The summed E-state index contributed by atoms with van der Waals surface area (Å²) in [5, 5.41) is 6.33. The minimum Gasteiger partial charge on any atom is -0.496 e. The number of aryl methyl sites for hydroxylation is 2. The van der Waals surface area contributed by atoms with Crippen LogP contribution >= 0.6 is 0 Å². The quantitative estimate of drug-likeness (QED) is 0.332. The SMILES string of the molecule is COc1ccc(S(=O)(=O)Nc2ccc(Nc3cc(Nc4cc(C)ccn4)ncn3)cc2)cc1C. The van der Waals surface area contributed by atoms with Crippen LogP contribution in [-0.4, -0.2) is 30.5 Å². The lowest BCUT2D eigenvalue weighted by molar-refractivity contribution is 0.411. The van der Waals surface area contributed by atoms with E-state index >= 15 is 0 Å². The van der Waals surface area contributed by atoms with Crippen molar-refractivity contribution in [1.82, 2.24) is 15.0 Å². The molecule has 0 aliphatic heterocycles. The van der Waals surface area contributed by atoms with Gasteiger partial charge in [0.1, 0.15) is 29.5 Å². The van der Waals surface area contributed by atoms with Crippen LogP contribution in [0.25, 0.3) is 0 Å². The van der Waals surface area contributed by atoms with E-state index in [-0.39, 0.29) is 4.90 Å². The van der Waals surface area contributed by atoms with Gasteiger partial charge in [-0.05, 0) is 79.6 Å². The van der Waals surface area contributed by atoms with Crippen molar-refractivity contribution in [2.24, 2.45) is 0 Å². The topological polar surface area (TPSA) is 118 Å². The molecule has 9 nitrogen and oxygen atoms in total. The molecular weight excluding hydrogens is 452 g/mol. The van der Waals surface area contributed by atoms with Crippen LogP contribution in [0.1, 0.15) is 11.1 Å². The van der Waals surface area contributed by atoms with Crippen LogP contribution in [-0.2, 0) is 10.0 Å². The minimum absolute atomic E-state index is 0.164. The molecule has 34 heavy (non-hydrogen) atoms. The molecule has 0 saturated carbocycles. The number of methoxy groups -OCH3 is 1. The van der Waals surface area contributed by atoms with E-state index in [1.165, 1.54) is 12.4 Å². The molecule has 0 spiro atoms. The highest BCUT2D eigenvalue weighted by Crippen LogP contribution is 2.25. The number of hydrogen-bond acceptors (Lipinski definition) is 8. The lowest BCUT2D eigenvalue weighted by Crippen LogP contribution is -2.13. The lowest BCUT2D eigenvalue weighted by Gasteiger charge is -2.12. The summed E-state index contributed by atoms with van der Waals surface area (Å²) in [5.41, 5.74) is 3.00. The summed E-state index contributed by atoms with van der Waals surface area (Å²) in [6, 6.07) is 17.2. The number of hydrogen-bond donors (Lipinski definition) is 3. The van der Waals surface area contributed by atoms with Gasteiger partial charge in [0.05, 0.1) is 12.0 Å². The third kappa shape index (κ3) is 5.59. The Morgan fingerprint density at radius 2 is 1.44 bits per heavy atom. The van der Waals surface area contributed by atoms with E-state index in [9.17, 15) is 8.42 Å². The number of ether oxygens (including phenoxy) is 1. The molecule has 0 radical (unpaired) electrons. The van der Waals surface area contributed by atoms with Gasteiger partial charge in [0, 0.05) is 23.6 Å². The summed E-state index contributed by atoms with van der Waals surface area (Å²) in [5.74, 6) is 2.49. The third-order valence-electron chi connectivity index (χ3n) is 4.92. The summed E-state index contributed by atoms with van der Waals surface area (Å²) in [7, 11) is -2.19. The monoisotopic (exact) mass is 476 g/mol. The highest BCUT2D eigenvalue weighted by atomic mass is 32.2. The number of pyridine rings is 1. The number of anilines is 5. The molecule has 174 valence electrons. The van der Waals surface area contributed by atoms with Gasteiger partial charge in [-0.1, -0.05) is 0 Å². The molecule has 0 saturated heterocycles. The first-order valence-corrected chi connectivity index (χ1v) is 11.9. The van der Waals surface area contributed by atoms with Crippen molar-refractivity contribution >= 4 is 38.9 Å². The second-order valence-corrected chi connectivity index (χ2v) is 9.25. The van der Waals surface area contributed by atoms with Gasteiger partial charge >= 0.3 is 0 Å². The Bertz CT molecular complexity index is 1410. The summed E-state index contributed by atoms with van der Waals surface area (Å²) in [6.45, 7) is 3.78. The van der Waals surface area contributed by atoms with Crippen LogP contribution in [0.15, 0.2) is 78.1 Å². The molecule has 2 aromatic heterocycles. The van der Waals surface area contributed by atoms with Crippen molar-refractivity contribution in [3.63, 3.8) is 0 Å². The normalized spacial score (nSPS) is 11.0. The summed E-state index contributed by atoms with van der Waals surface area (Å²) >= 11 is 0. The molecule has 0 unspecified atom stereocenters. The summed E-state index contributed by atoms with van der Waals surface area (Å²) < 4.78 is 33.3. The van der Waals surface area contributed by atoms with Gasteiger partial charge in [-0.25, -0.2) is 23.4 Å². The van der Waals surface area contributed by atoms with E-state index in [1.807, 2.05) is 19.1 Å². The Morgan fingerprint density at radius 1 is 0.765 bits per heavy atom. The number of rotatable bonds is 8. The summed E-state index contributed by atoms with van der Waals surface area (Å²) in [4.78, 5) is 12.9. The van der Waals surface area contributed by atoms with Crippen LogP contribution < -0.4 is 20.1 Å². The van der Waals surface area contributed by atoms with Gasteiger partial charge < -0.3 is 15.4 Å². The van der Waals surface area contributed by atoms with E-state index in [1.54, 1.807) is 62.7 Å². The molecule has 4 rings (SSSR count). The maximum absolute atomic E-state index is 12.7. The van der Waals surface area contributed by atoms with Crippen LogP contribution in [0.5, 0.6) is 5.75 Å². The molecule has 0 fully saturated rings. The van der Waals surface area contributed by atoms with Gasteiger partial charge in [0.2, 0.25) is 0 Å². The van der Waals surface area contributed by atoms with Gasteiger partial charge in [-0.15, -0.1) is 0 Å². The highest BCUT2D eigenvalue weighted by molar-refractivity contribution is 7.92.